The minimum absolute atomic E-state index is 0.0229. The maximum absolute atomic E-state index is 11.3. The molecule has 0 amide bonds. The number of nitrogens with zero attached hydrogens (tertiary/aromatic N) is 1. The Morgan fingerprint density at radius 2 is 1.87 bits per heavy atom. The van der Waals surface area contributed by atoms with Gasteiger partial charge in [-0.1, -0.05) is 47.7 Å². The standard InChI is InChI=1S/C23H22N2O4S/c1-15-18(24-22(29-15)17-9-3-2-4-10-17)14-28-19-12-6-5-8-16(19)11-7-13-20-21(26)25-23(27)30-20/h2-6,8-10,12,26H,7,11,13-14H2,1H3,(H,25,27). The highest BCUT2D eigenvalue weighted by molar-refractivity contribution is 7.09. The first-order valence-electron chi connectivity index (χ1n) is 9.73. The predicted octanol–water partition coefficient (Wildman–Crippen LogP) is 4.86. The van der Waals surface area contributed by atoms with E-state index in [2.05, 4.69) is 9.97 Å². The number of aryl methyl sites for hydroxylation is 3. The number of rotatable bonds is 8. The van der Waals surface area contributed by atoms with Gasteiger partial charge in [-0.25, -0.2) is 4.98 Å². The van der Waals surface area contributed by atoms with Crippen molar-refractivity contribution >= 4 is 11.3 Å². The Balaban J connectivity index is 1.40. The quantitative estimate of drug-likeness (QED) is 0.423. The number of hydrogen-bond acceptors (Lipinski definition) is 6. The molecule has 0 bridgehead atoms. The zero-order valence-corrected chi connectivity index (χ0v) is 17.4. The number of aromatic nitrogens is 2. The Morgan fingerprint density at radius 3 is 2.63 bits per heavy atom. The number of aromatic amines is 1. The van der Waals surface area contributed by atoms with E-state index in [-0.39, 0.29) is 10.8 Å². The molecule has 0 unspecified atom stereocenters. The number of benzene rings is 2. The first kappa shape index (κ1) is 20.0. The number of H-pyrrole nitrogens is 1. The van der Waals surface area contributed by atoms with Gasteiger partial charge in [-0.05, 0) is 49.9 Å². The highest BCUT2D eigenvalue weighted by Crippen LogP contribution is 2.26. The minimum Gasteiger partial charge on any atom is -0.494 e. The Morgan fingerprint density at radius 1 is 1.10 bits per heavy atom. The fraction of sp³-hybridized carbons (Fsp3) is 0.217. The van der Waals surface area contributed by atoms with Crippen LogP contribution in [0.25, 0.3) is 11.5 Å². The summed E-state index contributed by atoms with van der Waals surface area (Å²) in [6.07, 6.45) is 2.20. The lowest BCUT2D eigenvalue weighted by molar-refractivity contribution is 0.296. The van der Waals surface area contributed by atoms with Gasteiger partial charge in [0, 0.05) is 5.56 Å². The van der Waals surface area contributed by atoms with Crippen molar-refractivity contribution in [3.05, 3.63) is 86.2 Å². The maximum Gasteiger partial charge on any atom is 0.307 e. The summed E-state index contributed by atoms with van der Waals surface area (Å²) >= 11 is 1.05. The van der Waals surface area contributed by atoms with Crippen LogP contribution in [0.5, 0.6) is 11.6 Å². The van der Waals surface area contributed by atoms with Crippen molar-refractivity contribution in [2.24, 2.45) is 0 Å². The van der Waals surface area contributed by atoms with Crippen molar-refractivity contribution in [1.82, 2.24) is 9.97 Å². The number of aromatic hydroxyl groups is 1. The largest absolute Gasteiger partial charge is 0.494 e. The summed E-state index contributed by atoms with van der Waals surface area (Å²) in [4.78, 5) is 18.8. The molecule has 0 saturated carbocycles. The molecule has 0 aliphatic carbocycles. The molecular weight excluding hydrogens is 400 g/mol. The molecule has 6 nitrogen and oxygen atoms in total. The van der Waals surface area contributed by atoms with Crippen LogP contribution in [0.4, 0.5) is 0 Å². The van der Waals surface area contributed by atoms with Crippen LogP contribution < -0.4 is 9.61 Å². The average Bonchev–Trinajstić information content (AvgIpc) is 3.29. The van der Waals surface area contributed by atoms with Gasteiger partial charge < -0.3 is 14.3 Å². The lowest BCUT2D eigenvalue weighted by Gasteiger charge is -2.10. The first-order valence-corrected chi connectivity index (χ1v) is 10.5. The number of nitrogens with one attached hydrogen (secondary N) is 1. The monoisotopic (exact) mass is 422 g/mol. The summed E-state index contributed by atoms with van der Waals surface area (Å²) in [5.41, 5.74) is 2.78. The fourth-order valence-corrected chi connectivity index (χ4v) is 3.99. The highest BCUT2D eigenvalue weighted by atomic mass is 32.1. The van der Waals surface area contributed by atoms with Gasteiger partial charge in [-0.2, -0.15) is 0 Å². The van der Waals surface area contributed by atoms with Crippen molar-refractivity contribution in [3.8, 4) is 23.1 Å². The third kappa shape index (κ3) is 4.63. The second kappa shape index (κ2) is 9.00. The number of hydrogen-bond donors (Lipinski definition) is 2. The van der Waals surface area contributed by atoms with Gasteiger partial charge in [0.1, 0.15) is 23.8 Å². The van der Waals surface area contributed by atoms with E-state index in [0.29, 0.717) is 23.8 Å². The van der Waals surface area contributed by atoms with E-state index in [4.69, 9.17) is 9.15 Å². The molecule has 2 aromatic carbocycles. The molecule has 4 rings (SSSR count). The van der Waals surface area contributed by atoms with Crippen molar-refractivity contribution in [3.63, 3.8) is 0 Å². The van der Waals surface area contributed by atoms with Crippen molar-refractivity contribution in [2.75, 3.05) is 0 Å². The zero-order chi connectivity index (χ0) is 20.9. The van der Waals surface area contributed by atoms with Gasteiger partial charge in [0.25, 0.3) is 0 Å². The average molecular weight is 423 g/mol. The molecule has 30 heavy (non-hydrogen) atoms. The van der Waals surface area contributed by atoms with E-state index in [9.17, 15) is 9.90 Å². The zero-order valence-electron chi connectivity index (χ0n) is 16.6. The Labute approximate surface area is 177 Å². The smallest absolute Gasteiger partial charge is 0.307 e. The fourth-order valence-electron chi connectivity index (χ4n) is 3.22. The molecule has 2 N–H and O–H groups in total. The third-order valence-corrected chi connectivity index (χ3v) is 5.73. The number of oxazole rings is 1. The van der Waals surface area contributed by atoms with Gasteiger partial charge in [-0.15, -0.1) is 0 Å². The number of ether oxygens (including phenoxy) is 1. The number of para-hydroxylation sites is 1. The summed E-state index contributed by atoms with van der Waals surface area (Å²) in [6, 6.07) is 17.7. The predicted molar refractivity (Wildman–Crippen MR) is 116 cm³/mol. The van der Waals surface area contributed by atoms with Gasteiger partial charge in [-0.3, -0.25) is 9.78 Å². The molecule has 0 fully saturated rings. The van der Waals surface area contributed by atoms with Gasteiger partial charge in [0.05, 0.1) is 4.88 Å². The van der Waals surface area contributed by atoms with Crippen LogP contribution in [0.2, 0.25) is 0 Å². The molecule has 2 aromatic heterocycles. The molecule has 154 valence electrons. The molecule has 2 heterocycles. The van der Waals surface area contributed by atoms with Crippen molar-refractivity contribution < 1.29 is 14.3 Å². The molecule has 7 heteroatoms. The highest BCUT2D eigenvalue weighted by Gasteiger charge is 2.13. The van der Waals surface area contributed by atoms with Gasteiger partial charge in [0.15, 0.2) is 0 Å². The minimum atomic E-state index is -0.232. The van der Waals surface area contributed by atoms with Crippen molar-refractivity contribution in [1.29, 1.82) is 0 Å². The molecule has 0 saturated heterocycles. The normalized spacial score (nSPS) is 11.0. The summed E-state index contributed by atoms with van der Waals surface area (Å²) in [6.45, 7) is 2.21. The summed E-state index contributed by atoms with van der Waals surface area (Å²) in [5.74, 6) is 2.10. The molecule has 0 aliphatic rings. The molecule has 0 radical (unpaired) electrons. The summed E-state index contributed by atoms with van der Waals surface area (Å²) in [5, 5.41) is 9.72. The maximum atomic E-state index is 11.3. The molecular formula is C23H22N2O4S. The van der Waals surface area contributed by atoms with E-state index < -0.39 is 0 Å². The van der Waals surface area contributed by atoms with Crippen LogP contribution in [0.1, 0.15) is 28.3 Å². The van der Waals surface area contributed by atoms with E-state index in [1.807, 2.05) is 61.5 Å². The second-order valence-corrected chi connectivity index (χ2v) is 7.99. The van der Waals surface area contributed by atoms with Crippen LogP contribution in [-0.4, -0.2) is 15.1 Å². The SMILES string of the molecule is Cc1oc(-c2ccccc2)nc1COc1ccccc1CCCc1sc(=O)[nH]c1O. The Kier molecular flexibility index (Phi) is 5.99. The molecule has 0 spiro atoms. The summed E-state index contributed by atoms with van der Waals surface area (Å²) < 4.78 is 11.9. The van der Waals surface area contributed by atoms with E-state index in [0.717, 1.165) is 52.5 Å². The Hall–Kier alpha value is -3.32. The van der Waals surface area contributed by atoms with E-state index in [1.165, 1.54) is 0 Å². The lowest BCUT2D eigenvalue weighted by Crippen LogP contribution is -2.01. The van der Waals surface area contributed by atoms with Crippen LogP contribution >= 0.6 is 11.3 Å². The Bertz CT molecular complexity index is 1180. The van der Waals surface area contributed by atoms with Crippen LogP contribution in [0.3, 0.4) is 0 Å². The van der Waals surface area contributed by atoms with Crippen LogP contribution in [0, 0.1) is 6.92 Å². The lowest BCUT2D eigenvalue weighted by atomic mass is 10.1. The molecule has 0 aliphatic heterocycles. The summed E-state index contributed by atoms with van der Waals surface area (Å²) in [7, 11) is 0. The molecule has 0 atom stereocenters. The van der Waals surface area contributed by atoms with Crippen LogP contribution in [-0.2, 0) is 19.4 Å². The second-order valence-electron chi connectivity index (χ2n) is 6.92. The third-order valence-electron chi connectivity index (χ3n) is 4.80. The van der Waals surface area contributed by atoms with Crippen LogP contribution in [0.15, 0.2) is 63.8 Å². The first-order chi connectivity index (χ1) is 14.6. The van der Waals surface area contributed by atoms with Gasteiger partial charge in [0.2, 0.25) is 11.8 Å². The van der Waals surface area contributed by atoms with E-state index >= 15 is 0 Å². The van der Waals surface area contributed by atoms with Gasteiger partial charge >= 0.3 is 4.87 Å². The topological polar surface area (TPSA) is 88.4 Å². The molecule has 4 aromatic rings. The van der Waals surface area contributed by atoms with Crippen molar-refractivity contribution in [2.45, 2.75) is 32.8 Å². The number of thiazole rings is 1. The van der Waals surface area contributed by atoms with E-state index in [1.54, 1.807) is 0 Å².